The van der Waals surface area contributed by atoms with E-state index >= 15 is 0 Å². The third kappa shape index (κ3) is 3.34. The summed E-state index contributed by atoms with van der Waals surface area (Å²) in [4.78, 5) is 21.3. The van der Waals surface area contributed by atoms with Crippen molar-refractivity contribution in [3.05, 3.63) is 65.1 Å². The van der Waals surface area contributed by atoms with E-state index in [1.165, 1.54) is 6.20 Å². The van der Waals surface area contributed by atoms with Crippen LogP contribution in [0.25, 0.3) is 10.9 Å². The molecule has 126 valence electrons. The number of fused-ring (bicyclic) bond motifs is 1. The number of para-hydroxylation sites is 1. The summed E-state index contributed by atoms with van der Waals surface area (Å²) in [6.45, 7) is 1.57. The SMILES string of the molecule is O=C(c1cnc2ccccc2c1)c1cc(OCC2CCN2)cnc1Cl. The summed E-state index contributed by atoms with van der Waals surface area (Å²) in [5.74, 6) is 0.318. The summed E-state index contributed by atoms with van der Waals surface area (Å²) in [5, 5.41) is 4.32. The van der Waals surface area contributed by atoms with Gasteiger partial charge in [0.2, 0.25) is 0 Å². The number of nitrogens with one attached hydrogen (secondary N) is 1. The summed E-state index contributed by atoms with van der Waals surface area (Å²) in [7, 11) is 0. The van der Waals surface area contributed by atoms with E-state index in [4.69, 9.17) is 16.3 Å². The average molecular weight is 354 g/mol. The number of aromatic nitrogens is 2. The molecule has 1 atom stereocenters. The van der Waals surface area contributed by atoms with Crippen LogP contribution in [0.2, 0.25) is 5.15 Å². The molecular weight excluding hydrogens is 338 g/mol. The minimum absolute atomic E-state index is 0.160. The van der Waals surface area contributed by atoms with Gasteiger partial charge in [0, 0.05) is 23.2 Å². The first-order chi connectivity index (χ1) is 12.2. The predicted molar refractivity (Wildman–Crippen MR) is 96.3 cm³/mol. The normalized spacial score (nSPS) is 16.4. The fourth-order valence-electron chi connectivity index (χ4n) is 2.71. The monoisotopic (exact) mass is 353 g/mol. The second-order valence-electron chi connectivity index (χ2n) is 6.01. The number of nitrogens with zero attached hydrogens (tertiary/aromatic N) is 2. The molecule has 1 fully saturated rings. The van der Waals surface area contributed by atoms with E-state index in [-0.39, 0.29) is 10.9 Å². The summed E-state index contributed by atoms with van der Waals surface area (Å²) >= 11 is 6.14. The van der Waals surface area contributed by atoms with Crippen LogP contribution in [0.4, 0.5) is 0 Å². The molecule has 3 heterocycles. The smallest absolute Gasteiger partial charge is 0.197 e. The number of carbonyl (C=O) groups is 1. The van der Waals surface area contributed by atoms with Crippen LogP contribution in [-0.2, 0) is 0 Å². The van der Waals surface area contributed by atoms with Crippen molar-refractivity contribution in [3.63, 3.8) is 0 Å². The quantitative estimate of drug-likeness (QED) is 0.563. The number of ketones is 1. The highest BCUT2D eigenvalue weighted by Crippen LogP contribution is 2.24. The Labute approximate surface area is 150 Å². The molecule has 1 aromatic carbocycles. The topological polar surface area (TPSA) is 64.1 Å². The van der Waals surface area contributed by atoms with Gasteiger partial charge in [-0.1, -0.05) is 29.8 Å². The third-order valence-electron chi connectivity index (χ3n) is 4.29. The number of halogens is 1. The summed E-state index contributed by atoms with van der Waals surface area (Å²) in [5.41, 5.74) is 1.63. The van der Waals surface area contributed by atoms with Crippen LogP contribution >= 0.6 is 11.6 Å². The first kappa shape index (κ1) is 16.0. The highest BCUT2D eigenvalue weighted by atomic mass is 35.5. The Morgan fingerprint density at radius 2 is 2.08 bits per heavy atom. The van der Waals surface area contributed by atoms with Gasteiger partial charge in [-0.2, -0.15) is 0 Å². The predicted octanol–water partition coefficient (Wildman–Crippen LogP) is 3.25. The van der Waals surface area contributed by atoms with Crippen molar-refractivity contribution in [2.75, 3.05) is 13.2 Å². The Kier molecular flexibility index (Phi) is 4.34. The van der Waals surface area contributed by atoms with E-state index in [0.29, 0.717) is 29.5 Å². The number of hydrogen-bond donors (Lipinski definition) is 1. The Balaban J connectivity index is 1.61. The van der Waals surface area contributed by atoms with Gasteiger partial charge in [0.15, 0.2) is 5.78 Å². The number of benzene rings is 1. The molecule has 4 rings (SSSR count). The molecule has 0 saturated carbocycles. The van der Waals surface area contributed by atoms with Crippen LogP contribution in [-0.4, -0.2) is 34.9 Å². The lowest BCUT2D eigenvalue weighted by Crippen LogP contribution is -2.46. The van der Waals surface area contributed by atoms with Crippen molar-refractivity contribution in [1.29, 1.82) is 0 Å². The zero-order chi connectivity index (χ0) is 17.2. The maximum atomic E-state index is 12.8. The largest absolute Gasteiger partial charge is 0.490 e. The van der Waals surface area contributed by atoms with E-state index in [1.54, 1.807) is 12.3 Å². The zero-order valence-corrected chi connectivity index (χ0v) is 14.2. The van der Waals surface area contributed by atoms with E-state index in [0.717, 1.165) is 23.9 Å². The number of pyridine rings is 2. The molecule has 3 aromatic rings. The van der Waals surface area contributed by atoms with Gasteiger partial charge in [-0.15, -0.1) is 0 Å². The van der Waals surface area contributed by atoms with Crippen molar-refractivity contribution >= 4 is 28.3 Å². The summed E-state index contributed by atoms with van der Waals surface area (Å²) in [6.07, 6.45) is 4.19. The number of rotatable bonds is 5. The van der Waals surface area contributed by atoms with Crippen LogP contribution in [0.5, 0.6) is 5.75 Å². The molecule has 1 unspecified atom stereocenters. The van der Waals surface area contributed by atoms with Gasteiger partial charge in [0.1, 0.15) is 17.5 Å². The van der Waals surface area contributed by atoms with Gasteiger partial charge >= 0.3 is 0 Å². The van der Waals surface area contributed by atoms with Crippen LogP contribution in [0.15, 0.2) is 48.8 Å². The van der Waals surface area contributed by atoms with E-state index < -0.39 is 0 Å². The fraction of sp³-hybridized carbons (Fsp3) is 0.211. The molecule has 1 aliphatic heterocycles. The third-order valence-corrected chi connectivity index (χ3v) is 4.59. The van der Waals surface area contributed by atoms with Gasteiger partial charge in [-0.25, -0.2) is 4.98 Å². The molecule has 0 bridgehead atoms. The first-order valence-electron chi connectivity index (χ1n) is 8.12. The number of hydrogen-bond acceptors (Lipinski definition) is 5. The van der Waals surface area contributed by atoms with Gasteiger partial charge in [0.25, 0.3) is 0 Å². The second kappa shape index (κ2) is 6.78. The summed E-state index contributed by atoms with van der Waals surface area (Å²) in [6, 6.07) is 11.5. The fourth-order valence-corrected chi connectivity index (χ4v) is 2.89. The lowest BCUT2D eigenvalue weighted by atomic mass is 10.0. The second-order valence-corrected chi connectivity index (χ2v) is 6.36. The Morgan fingerprint density at radius 3 is 2.88 bits per heavy atom. The molecule has 1 aliphatic rings. The summed E-state index contributed by atoms with van der Waals surface area (Å²) < 4.78 is 5.71. The Bertz CT molecular complexity index is 941. The van der Waals surface area contributed by atoms with Crippen molar-refractivity contribution < 1.29 is 9.53 Å². The standard InChI is InChI=1S/C19H16ClN3O2/c20-19-16(8-15(10-23-19)25-11-14-5-6-21-14)18(24)13-7-12-3-1-2-4-17(12)22-9-13/h1-4,7-10,14,21H,5-6,11H2. The molecule has 25 heavy (non-hydrogen) atoms. The lowest BCUT2D eigenvalue weighted by Gasteiger charge is -2.27. The van der Waals surface area contributed by atoms with Crippen LogP contribution in [0, 0.1) is 0 Å². The van der Waals surface area contributed by atoms with Gasteiger partial charge in [0.05, 0.1) is 17.3 Å². The van der Waals surface area contributed by atoms with Gasteiger partial charge in [-0.3, -0.25) is 9.78 Å². The number of ether oxygens (including phenoxy) is 1. The first-order valence-corrected chi connectivity index (χ1v) is 8.50. The molecule has 6 heteroatoms. The number of carbonyl (C=O) groups excluding carboxylic acids is 1. The van der Waals surface area contributed by atoms with Gasteiger partial charge < -0.3 is 10.1 Å². The highest BCUT2D eigenvalue weighted by molar-refractivity contribution is 6.33. The molecule has 0 aliphatic carbocycles. The minimum Gasteiger partial charge on any atom is -0.490 e. The molecule has 2 aromatic heterocycles. The zero-order valence-electron chi connectivity index (χ0n) is 13.4. The maximum Gasteiger partial charge on any atom is 0.197 e. The molecule has 1 saturated heterocycles. The molecule has 0 amide bonds. The molecule has 0 radical (unpaired) electrons. The minimum atomic E-state index is -0.219. The van der Waals surface area contributed by atoms with Gasteiger partial charge in [-0.05, 0) is 31.2 Å². The molecule has 0 spiro atoms. The Morgan fingerprint density at radius 1 is 1.24 bits per heavy atom. The van der Waals surface area contributed by atoms with Crippen LogP contribution < -0.4 is 10.1 Å². The maximum absolute atomic E-state index is 12.8. The highest BCUT2D eigenvalue weighted by Gasteiger charge is 2.19. The molecule has 1 N–H and O–H groups in total. The van der Waals surface area contributed by atoms with E-state index in [2.05, 4.69) is 15.3 Å². The van der Waals surface area contributed by atoms with Crippen molar-refractivity contribution in [2.24, 2.45) is 0 Å². The Hall–Kier alpha value is -2.50. The van der Waals surface area contributed by atoms with E-state index in [1.807, 2.05) is 30.3 Å². The molecule has 5 nitrogen and oxygen atoms in total. The van der Waals surface area contributed by atoms with Crippen LogP contribution in [0.3, 0.4) is 0 Å². The van der Waals surface area contributed by atoms with Crippen molar-refractivity contribution in [3.8, 4) is 5.75 Å². The average Bonchev–Trinajstić information content (AvgIpc) is 2.61. The van der Waals surface area contributed by atoms with Crippen LogP contribution in [0.1, 0.15) is 22.3 Å². The lowest BCUT2D eigenvalue weighted by molar-refractivity contribution is 0.103. The van der Waals surface area contributed by atoms with Crippen molar-refractivity contribution in [2.45, 2.75) is 12.5 Å². The van der Waals surface area contributed by atoms with Crippen molar-refractivity contribution in [1.82, 2.24) is 15.3 Å². The van der Waals surface area contributed by atoms with E-state index in [9.17, 15) is 4.79 Å². The molecular formula is C19H16ClN3O2.